The van der Waals surface area contributed by atoms with Crippen LogP contribution in [0.4, 0.5) is 0 Å². The first-order valence-corrected chi connectivity index (χ1v) is 7.77. The minimum absolute atomic E-state index is 0.194. The molecule has 1 aromatic carbocycles. The van der Waals surface area contributed by atoms with Crippen molar-refractivity contribution in [1.82, 2.24) is 10.2 Å². The van der Waals surface area contributed by atoms with Crippen LogP contribution in [0.1, 0.15) is 30.6 Å². The second kappa shape index (κ2) is 9.25. The average Bonchev–Trinajstić information content (AvgIpc) is 2.58. The lowest BCUT2D eigenvalue weighted by Crippen LogP contribution is -2.37. The van der Waals surface area contributed by atoms with E-state index >= 15 is 0 Å². The SMILES string of the molecule is CC[C@@H](C)N(C)CCNC(=O)c1ccc(OC)c(OC)c1OC. The fourth-order valence-corrected chi connectivity index (χ4v) is 2.25. The molecule has 0 saturated heterocycles. The third kappa shape index (κ3) is 4.76. The van der Waals surface area contributed by atoms with Gasteiger partial charge in [0.1, 0.15) is 0 Å². The molecule has 0 aromatic heterocycles. The normalized spacial score (nSPS) is 12.0. The van der Waals surface area contributed by atoms with Crippen LogP contribution >= 0.6 is 0 Å². The van der Waals surface area contributed by atoms with Crippen molar-refractivity contribution < 1.29 is 19.0 Å². The number of ether oxygens (including phenoxy) is 3. The molecule has 0 unspecified atom stereocenters. The van der Waals surface area contributed by atoms with Gasteiger partial charge < -0.3 is 24.4 Å². The van der Waals surface area contributed by atoms with E-state index in [0.717, 1.165) is 13.0 Å². The van der Waals surface area contributed by atoms with Crippen molar-refractivity contribution in [2.24, 2.45) is 0 Å². The van der Waals surface area contributed by atoms with Crippen molar-refractivity contribution in [2.45, 2.75) is 26.3 Å². The second-order valence-electron chi connectivity index (χ2n) is 5.38. The minimum Gasteiger partial charge on any atom is -0.493 e. The van der Waals surface area contributed by atoms with Gasteiger partial charge in [0.05, 0.1) is 26.9 Å². The Bertz CT molecular complexity index is 520. The Morgan fingerprint density at radius 1 is 1.17 bits per heavy atom. The quantitative estimate of drug-likeness (QED) is 0.754. The highest BCUT2D eigenvalue weighted by Crippen LogP contribution is 2.39. The molecule has 6 nitrogen and oxygen atoms in total. The summed E-state index contributed by atoms with van der Waals surface area (Å²) in [5.74, 6) is 1.12. The highest BCUT2D eigenvalue weighted by atomic mass is 16.5. The molecule has 1 aromatic rings. The standard InChI is InChI=1S/C17H28N2O4/c1-7-12(2)19(3)11-10-18-17(20)13-8-9-14(21-4)16(23-6)15(13)22-5/h8-9,12H,7,10-11H2,1-6H3,(H,18,20)/t12-/m1/s1. The van der Waals surface area contributed by atoms with Crippen LogP contribution in [0.25, 0.3) is 0 Å². The van der Waals surface area contributed by atoms with Crippen molar-refractivity contribution in [3.63, 3.8) is 0 Å². The molecule has 130 valence electrons. The smallest absolute Gasteiger partial charge is 0.255 e. The van der Waals surface area contributed by atoms with E-state index in [1.807, 2.05) is 0 Å². The van der Waals surface area contributed by atoms with Crippen LogP contribution in [0, 0.1) is 0 Å². The number of nitrogens with zero attached hydrogens (tertiary/aromatic N) is 1. The van der Waals surface area contributed by atoms with Crippen LogP contribution < -0.4 is 19.5 Å². The van der Waals surface area contributed by atoms with Gasteiger partial charge in [0.25, 0.3) is 5.91 Å². The molecular formula is C17H28N2O4. The predicted octanol–water partition coefficient (Wildman–Crippen LogP) is 2.17. The van der Waals surface area contributed by atoms with E-state index in [2.05, 4.69) is 31.1 Å². The molecule has 0 aliphatic rings. The van der Waals surface area contributed by atoms with Gasteiger partial charge in [-0.25, -0.2) is 0 Å². The number of hydrogen-bond acceptors (Lipinski definition) is 5. The third-order valence-corrected chi connectivity index (χ3v) is 4.04. The van der Waals surface area contributed by atoms with Gasteiger partial charge in [-0.05, 0) is 32.5 Å². The van der Waals surface area contributed by atoms with Crippen LogP contribution in [0.15, 0.2) is 12.1 Å². The zero-order valence-electron chi connectivity index (χ0n) is 14.9. The summed E-state index contributed by atoms with van der Waals surface area (Å²) in [6.45, 7) is 5.67. The zero-order valence-corrected chi connectivity index (χ0v) is 14.9. The van der Waals surface area contributed by atoms with Gasteiger partial charge in [-0.1, -0.05) is 6.92 Å². The number of rotatable bonds is 9. The first-order valence-electron chi connectivity index (χ1n) is 7.77. The number of nitrogens with one attached hydrogen (secondary N) is 1. The number of benzene rings is 1. The fourth-order valence-electron chi connectivity index (χ4n) is 2.25. The van der Waals surface area contributed by atoms with Crippen molar-refractivity contribution >= 4 is 5.91 Å². The van der Waals surface area contributed by atoms with Gasteiger partial charge in [0.2, 0.25) is 5.75 Å². The van der Waals surface area contributed by atoms with Gasteiger partial charge in [-0.15, -0.1) is 0 Å². The minimum atomic E-state index is -0.194. The molecule has 1 rings (SSSR count). The maximum Gasteiger partial charge on any atom is 0.255 e. The highest BCUT2D eigenvalue weighted by Gasteiger charge is 2.20. The summed E-state index contributed by atoms with van der Waals surface area (Å²) in [6, 6.07) is 3.86. The molecule has 0 radical (unpaired) electrons. The molecule has 23 heavy (non-hydrogen) atoms. The molecule has 0 spiro atoms. The summed E-state index contributed by atoms with van der Waals surface area (Å²) in [5, 5.41) is 2.92. The van der Waals surface area contributed by atoms with E-state index in [1.165, 1.54) is 14.2 Å². The van der Waals surface area contributed by atoms with Gasteiger partial charge in [-0.2, -0.15) is 0 Å². The predicted molar refractivity (Wildman–Crippen MR) is 90.8 cm³/mol. The summed E-state index contributed by atoms with van der Waals surface area (Å²) in [7, 11) is 6.62. The number of carbonyl (C=O) groups excluding carboxylic acids is 1. The lowest BCUT2D eigenvalue weighted by atomic mass is 10.1. The van der Waals surface area contributed by atoms with Crippen LogP contribution in [0.2, 0.25) is 0 Å². The Morgan fingerprint density at radius 3 is 2.35 bits per heavy atom. The number of hydrogen-bond donors (Lipinski definition) is 1. The molecule has 0 aliphatic carbocycles. The molecule has 1 amide bonds. The number of amides is 1. The maximum atomic E-state index is 12.4. The van der Waals surface area contributed by atoms with E-state index < -0.39 is 0 Å². The fraction of sp³-hybridized carbons (Fsp3) is 0.588. The van der Waals surface area contributed by atoms with Crippen molar-refractivity contribution in [2.75, 3.05) is 41.5 Å². The third-order valence-electron chi connectivity index (χ3n) is 4.04. The van der Waals surface area contributed by atoms with Gasteiger partial charge in [-0.3, -0.25) is 4.79 Å². The summed E-state index contributed by atoms with van der Waals surface area (Å²) < 4.78 is 15.9. The Morgan fingerprint density at radius 2 is 1.83 bits per heavy atom. The molecule has 1 atom stereocenters. The summed E-state index contributed by atoms with van der Waals surface area (Å²) in [5.41, 5.74) is 0.427. The molecular weight excluding hydrogens is 296 g/mol. The van der Waals surface area contributed by atoms with Crippen LogP contribution in [0.5, 0.6) is 17.2 Å². The summed E-state index contributed by atoms with van der Waals surface area (Å²) in [4.78, 5) is 14.6. The van der Waals surface area contributed by atoms with Crippen molar-refractivity contribution in [3.8, 4) is 17.2 Å². The average molecular weight is 324 g/mol. The maximum absolute atomic E-state index is 12.4. The first-order chi connectivity index (χ1) is 11.0. The van der Waals surface area contributed by atoms with E-state index in [0.29, 0.717) is 35.4 Å². The largest absolute Gasteiger partial charge is 0.493 e. The van der Waals surface area contributed by atoms with Crippen LogP contribution in [0.3, 0.4) is 0 Å². The summed E-state index contributed by atoms with van der Waals surface area (Å²) in [6.07, 6.45) is 1.08. The monoisotopic (exact) mass is 324 g/mol. The van der Waals surface area contributed by atoms with Gasteiger partial charge >= 0.3 is 0 Å². The Kier molecular flexibility index (Phi) is 7.68. The van der Waals surface area contributed by atoms with Gasteiger partial charge in [0.15, 0.2) is 11.5 Å². The topological polar surface area (TPSA) is 60.0 Å². The second-order valence-corrected chi connectivity index (χ2v) is 5.38. The first kappa shape index (κ1) is 19.1. The Hall–Kier alpha value is -1.95. The lowest BCUT2D eigenvalue weighted by molar-refractivity contribution is 0.0943. The zero-order chi connectivity index (χ0) is 17.4. The Labute approximate surface area is 138 Å². The lowest BCUT2D eigenvalue weighted by Gasteiger charge is -2.23. The Balaban J connectivity index is 2.80. The van der Waals surface area contributed by atoms with Crippen molar-refractivity contribution in [3.05, 3.63) is 17.7 Å². The van der Waals surface area contributed by atoms with Crippen LogP contribution in [-0.4, -0.2) is 58.3 Å². The van der Waals surface area contributed by atoms with Crippen LogP contribution in [-0.2, 0) is 0 Å². The molecule has 0 aliphatic heterocycles. The molecule has 0 fully saturated rings. The molecule has 0 bridgehead atoms. The molecule has 6 heteroatoms. The number of methoxy groups -OCH3 is 3. The molecule has 0 heterocycles. The number of carbonyl (C=O) groups is 1. The summed E-state index contributed by atoms with van der Waals surface area (Å²) >= 11 is 0. The van der Waals surface area contributed by atoms with E-state index in [-0.39, 0.29) is 5.91 Å². The van der Waals surface area contributed by atoms with E-state index in [1.54, 1.807) is 19.2 Å². The molecule has 1 N–H and O–H groups in total. The highest BCUT2D eigenvalue weighted by molar-refractivity contribution is 5.98. The molecule has 0 saturated carbocycles. The van der Waals surface area contributed by atoms with Gasteiger partial charge in [0, 0.05) is 19.1 Å². The van der Waals surface area contributed by atoms with E-state index in [4.69, 9.17) is 14.2 Å². The van der Waals surface area contributed by atoms with Crippen molar-refractivity contribution in [1.29, 1.82) is 0 Å². The number of likely N-dealkylation sites (N-methyl/N-ethyl adjacent to an activating group) is 1. The van der Waals surface area contributed by atoms with E-state index in [9.17, 15) is 4.79 Å².